The van der Waals surface area contributed by atoms with E-state index < -0.39 is 11.6 Å². The molecule has 0 fully saturated rings. The van der Waals surface area contributed by atoms with Crippen molar-refractivity contribution < 1.29 is 18.0 Å². The van der Waals surface area contributed by atoms with Crippen LogP contribution in [-0.2, 0) is 6.42 Å². The van der Waals surface area contributed by atoms with Crippen molar-refractivity contribution in [2.45, 2.75) is 6.42 Å². The van der Waals surface area contributed by atoms with Crippen LogP contribution in [0.4, 0.5) is 8.78 Å². The summed E-state index contributed by atoms with van der Waals surface area (Å²) in [7, 11) is 0. The zero-order valence-corrected chi connectivity index (χ0v) is 12.3. The maximum absolute atomic E-state index is 13.1. The van der Waals surface area contributed by atoms with Crippen molar-refractivity contribution in [2.75, 3.05) is 0 Å². The summed E-state index contributed by atoms with van der Waals surface area (Å²) in [6, 6.07) is 10.5. The molecule has 3 rings (SSSR count). The zero-order valence-electron chi connectivity index (χ0n) is 10.7. The number of hydrogen-bond acceptors (Lipinski definition) is 2. The van der Waals surface area contributed by atoms with Crippen molar-refractivity contribution in [1.29, 1.82) is 0 Å². The third-order valence-corrected chi connectivity index (χ3v) is 3.74. The first kappa shape index (κ1) is 13.9. The van der Waals surface area contributed by atoms with Gasteiger partial charge in [0.1, 0.15) is 5.58 Å². The van der Waals surface area contributed by atoms with Gasteiger partial charge in [-0.05, 0) is 45.8 Å². The molecule has 106 valence electrons. The number of para-hydroxylation sites is 1. The summed E-state index contributed by atoms with van der Waals surface area (Å²) in [6.07, 6.45) is -0.0470. The molecule has 0 aliphatic rings. The summed E-state index contributed by atoms with van der Waals surface area (Å²) in [6.45, 7) is 0. The van der Waals surface area contributed by atoms with Gasteiger partial charge in [-0.1, -0.05) is 18.2 Å². The predicted octanol–water partition coefficient (Wildman–Crippen LogP) is 4.90. The monoisotopic (exact) mass is 350 g/mol. The molecule has 5 heteroatoms. The molecule has 0 radical (unpaired) electrons. The lowest BCUT2D eigenvalue weighted by Crippen LogP contribution is -2.02. The first-order valence-electron chi connectivity index (χ1n) is 6.20. The van der Waals surface area contributed by atoms with E-state index in [1.165, 1.54) is 6.07 Å². The number of halogens is 3. The molecular weight excluding hydrogens is 342 g/mol. The number of rotatable bonds is 3. The minimum atomic E-state index is -0.965. The summed E-state index contributed by atoms with van der Waals surface area (Å²) in [5.74, 6) is -1.99. The van der Waals surface area contributed by atoms with Crippen LogP contribution in [0.5, 0.6) is 0 Å². The van der Waals surface area contributed by atoms with Crippen molar-refractivity contribution in [3.8, 4) is 0 Å². The average Bonchev–Trinajstić information content (AvgIpc) is 2.89. The fourth-order valence-corrected chi connectivity index (χ4v) is 2.55. The summed E-state index contributed by atoms with van der Waals surface area (Å²) < 4.78 is 32.3. The van der Waals surface area contributed by atoms with Crippen molar-refractivity contribution in [1.82, 2.24) is 0 Å². The van der Waals surface area contributed by atoms with Gasteiger partial charge in [0.05, 0.1) is 4.47 Å². The topological polar surface area (TPSA) is 30.2 Å². The van der Waals surface area contributed by atoms with Gasteiger partial charge in [-0.25, -0.2) is 8.78 Å². The highest BCUT2D eigenvalue weighted by atomic mass is 79.9. The minimum Gasteiger partial charge on any atom is -0.452 e. The summed E-state index contributed by atoms with van der Waals surface area (Å²) >= 11 is 3.35. The van der Waals surface area contributed by atoms with Crippen LogP contribution in [-0.4, -0.2) is 5.78 Å². The van der Waals surface area contributed by atoms with E-state index in [0.717, 1.165) is 22.0 Å². The first-order chi connectivity index (χ1) is 10.0. The molecular formula is C16H9BrF2O2. The number of carbonyl (C=O) groups is 1. The molecule has 0 atom stereocenters. The molecule has 0 aliphatic heterocycles. The molecule has 3 aromatic rings. The second-order valence-electron chi connectivity index (χ2n) is 4.62. The normalized spacial score (nSPS) is 11.0. The summed E-state index contributed by atoms with van der Waals surface area (Å²) in [5.41, 5.74) is 0.990. The van der Waals surface area contributed by atoms with Crippen molar-refractivity contribution >= 4 is 32.7 Å². The van der Waals surface area contributed by atoms with Gasteiger partial charge in [-0.15, -0.1) is 0 Å². The Bertz CT molecular complexity index is 839. The summed E-state index contributed by atoms with van der Waals surface area (Å²) in [5, 5.41) is 0.804. The molecule has 1 aromatic heterocycles. The van der Waals surface area contributed by atoms with Gasteiger partial charge in [0.2, 0.25) is 5.78 Å². The number of ketones is 1. The zero-order chi connectivity index (χ0) is 15.0. The Balaban J connectivity index is 1.90. The van der Waals surface area contributed by atoms with E-state index in [1.807, 2.05) is 18.2 Å². The highest BCUT2D eigenvalue weighted by Gasteiger charge is 2.15. The van der Waals surface area contributed by atoms with Crippen molar-refractivity contribution in [3.05, 3.63) is 69.9 Å². The van der Waals surface area contributed by atoms with Crippen molar-refractivity contribution in [2.24, 2.45) is 0 Å². The quantitative estimate of drug-likeness (QED) is 0.629. The van der Waals surface area contributed by atoms with Crippen LogP contribution in [0.2, 0.25) is 0 Å². The second kappa shape index (κ2) is 5.41. The number of carbonyl (C=O) groups excluding carboxylic acids is 1. The fraction of sp³-hybridized carbons (Fsp3) is 0.0625. The number of furan rings is 1. The Morgan fingerprint density at radius 3 is 2.62 bits per heavy atom. The van der Waals surface area contributed by atoms with Crippen LogP contribution < -0.4 is 0 Å². The Morgan fingerprint density at radius 2 is 1.90 bits per heavy atom. The predicted molar refractivity (Wildman–Crippen MR) is 78.3 cm³/mol. The Morgan fingerprint density at radius 1 is 1.10 bits per heavy atom. The van der Waals surface area contributed by atoms with Gasteiger partial charge in [0.25, 0.3) is 0 Å². The van der Waals surface area contributed by atoms with E-state index in [1.54, 1.807) is 6.07 Å². The van der Waals surface area contributed by atoms with Gasteiger partial charge in [-0.3, -0.25) is 4.79 Å². The van der Waals surface area contributed by atoms with E-state index in [-0.39, 0.29) is 18.0 Å². The van der Waals surface area contributed by atoms with Crippen LogP contribution in [0.3, 0.4) is 0 Å². The van der Waals surface area contributed by atoms with Gasteiger partial charge >= 0.3 is 0 Å². The highest BCUT2D eigenvalue weighted by molar-refractivity contribution is 9.10. The van der Waals surface area contributed by atoms with Crippen LogP contribution in [0.25, 0.3) is 11.0 Å². The second-order valence-corrected chi connectivity index (χ2v) is 5.47. The Kier molecular flexibility index (Phi) is 3.59. The van der Waals surface area contributed by atoms with Gasteiger partial charge in [-0.2, -0.15) is 0 Å². The van der Waals surface area contributed by atoms with Gasteiger partial charge in [0, 0.05) is 11.8 Å². The smallest absolute Gasteiger partial charge is 0.202 e. The maximum atomic E-state index is 13.1. The number of hydrogen-bond donors (Lipinski definition) is 0. The number of Topliss-reactive ketones (excluding diaryl/α,β-unsaturated/α-hetero) is 1. The number of benzene rings is 2. The van der Waals surface area contributed by atoms with E-state index >= 15 is 0 Å². The lowest BCUT2D eigenvalue weighted by atomic mass is 10.1. The van der Waals surface area contributed by atoms with E-state index in [2.05, 4.69) is 15.9 Å². The highest BCUT2D eigenvalue weighted by Crippen LogP contribution is 2.27. The SMILES string of the molecule is O=C(Cc1ccc(F)c(F)c1)c1cc2cccc(Br)c2o1. The Hall–Kier alpha value is -2.01. The number of fused-ring (bicyclic) bond motifs is 1. The van der Waals surface area contributed by atoms with Crippen molar-refractivity contribution in [3.63, 3.8) is 0 Å². The Labute approximate surface area is 127 Å². The van der Waals surface area contributed by atoms with Gasteiger partial charge < -0.3 is 4.42 Å². The van der Waals surface area contributed by atoms with Crippen LogP contribution in [0, 0.1) is 11.6 Å². The largest absolute Gasteiger partial charge is 0.452 e. The molecule has 0 N–H and O–H groups in total. The average molecular weight is 351 g/mol. The molecule has 0 amide bonds. The molecule has 1 heterocycles. The van der Waals surface area contributed by atoms with Gasteiger partial charge in [0.15, 0.2) is 17.4 Å². The standard InChI is InChI=1S/C16H9BrF2O2/c17-11-3-1-2-10-8-15(21-16(10)11)14(20)7-9-4-5-12(18)13(19)6-9/h1-6,8H,7H2. The molecule has 2 aromatic carbocycles. The van der Waals surface area contributed by atoms with E-state index in [4.69, 9.17) is 4.42 Å². The molecule has 0 bridgehead atoms. The van der Waals surface area contributed by atoms with Crippen LogP contribution >= 0.6 is 15.9 Å². The molecule has 0 spiro atoms. The molecule has 0 saturated heterocycles. The third-order valence-electron chi connectivity index (χ3n) is 3.12. The van der Waals surface area contributed by atoms with E-state index in [9.17, 15) is 13.6 Å². The molecule has 21 heavy (non-hydrogen) atoms. The van der Waals surface area contributed by atoms with Crippen LogP contribution in [0.15, 0.2) is 51.4 Å². The molecule has 0 saturated carbocycles. The molecule has 0 aliphatic carbocycles. The van der Waals surface area contributed by atoms with Crippen LogP contribution in [0.1, 0.15) is 16.1 Å². The fourth-order valence-electron chi connectivity index (χ4n) is 2.09. The summed E-state index contributed by atoms with van der Waals surface area (Å²) in [4.78, 5) is 12.2. The van der Waals surface area contributed by atoms with E-state index in [0.29, 0.717) is 11.1 Å². The lowest BCUT2D eigenvalue weighted by Gasteiger charge is -2.00. The third kappa shape index (κ3) is 2.74. The lowest BCUT2D eigenvalue weighted by molar-refractivity contribution is 0.0968. The molecule has 0 unspecified atom stereocenters. The maximum Gasteiger partial charge on any atom is 0.202 e. The first-order valence-corrected chi connectivity index (χ1v) is 6.99. The minimum absolute atomic E-state index is 0.0470. The molecule has 2 nitrogen and oxygen atoms in total.